The predicted octanol–water partition coefficient (Wildman–Crippen LogP) is 1.50. The minimum Gasteiger partial charge on any atom is -0.326 e. The lowest BCUT2D eigenvalue weighted by molar-refractivity contribution is -0.108. The van der Waals surface area contributed by atoms with Crippen molar-refractivity contribution in [3.63, 3.8) is 0 Å². The van der Waals surface area contributed by atoms with Crippen LogP contribution in [0.2, 0.25) is 0 Å². The van der Waals surface area contributed by atoms with Crippen molar-refractivity contribution in [3.8, 4) is 0 Å². The maximum atomic E-state index is 6.34. The van der Waals surface area contributed by atoms with Gasteiger partial charge in [-0.3, -0.25) is 0 Å². The average Bonchev–Trinajstić information content (AvgIpc) is 3.03. The van der Waals surface area contributed by atoms with Crippen molar-refractivity contribution in [3.05, 3.63) is 12.3 Å². The van der Waals surface area contributed by atoms with E-state index in [1.165, 1.54) is 45.2 Å². The fraction of sp³-hybridized carbons (Fsp3) is 0.875. The van der Waals surface area contributed by atoms with Crippen LogP contribution in [0.25, 0.3) is 0 Å². The first kappa shape index (κ1) is 15.3. The first-order chi connectivity index (χ1) is 10.3. The van der Waals surface area contributed by atoms with E-state index in [-0.39, 0.29) is 6.17 Å². The van der Waals surface area contributed by atoms with Crippen LogP contribution in [0.4, 0.5) is 0 Å². The third-order valence-corrected chi connectivity index (χ3v) is 5.34. The van der Waals surface area contributed by atoms with Gasteiger partial charge in [-0.25, -0.2) is 15.0 Å². The van der Waals surface area contributed by atoms with E-state index >= 15 is 0 Å². The molecule has 3 aliphatic rings. The zero-order valence-electron chi connectivity index (χ0n) is 13.4. The molecule has 2 saturated heterocycles. The lowest BCUT2D eigenvalue weighted by atomic mass is 9.89. The van der Waals surface area contributed by atoms with Gasteiger partial charge in [-0.2, -0.15) is 0 Å². The van der Waals surface area contributed by atoms with Gasteiger partial charge >= 0.3 is 0 Å². The molecule has 3 atom stereocenters. The Balaban J connectivity index is 1.61. The molecule has 120 valence electrons. The zero-order valence-corrected chi connectivity index (χ0v) is 13.4. The second-order valence-corrected chi connectivity index (χ2v) is 6.70. The van der Waals surface area contributed by atoms with Crippen molar-refractivity contribution in [1.82, 2.24) is 20.5 Å². The lowest BCUT2D eigenvalue weighted by Gasteiger charge is -2.47. The van der Waals surface area contributed by atoms with Crippen molar-refractivity contribution in [2.45, 2.75) is 57.7 Å². The van der Waals surface area contributed by atoms with Gasteiger partial charge in [0, 0.05) is 38.4 Å². The Bertz CT molecular complexity index is 351. The number of piperidine rings is 2. The Kier molecular flexibility index (Phi) is 5.16. The second-order valence-electron chi connectivity index (χ2n) is 6.70. The third kappa shape index (κ3) is 3.42. The fourth-order valence-electron chi connectivity index (χ4n) is 4.24. The molecule has 5 heteroatoms. The normalized spacial score (nSPS) is 34.0. The summed E-state index contributed by atoms with van der Waals surface area (Å²) >= 11 is 0. The summed E-state index contributed by atoms with van der Waals surface area (Å²) in [6.45, 7) is 6.86. The van der Waals surface area contributed by atoms with Gasteiger partial charge in [-0.15, -0.1) is 0 Å². The topological polar surface area (TPSA) is 47.8 Å². The quantitative estimate of drug-likeness (QED) is 0.822. The van der Waals surface area contributed by atoms with Crippen LogP contribution >= 0.6 is 0 Å². The number of rotatable bonds is 4. The summed E-state index contributed by atoms with van der Waals surface area (Å²) in [6, 6.07) is 0.629. The van der Waals surface area contributed by atoms with Gasteiger partial charge in [-0.05, 0) is 44.4 Å². The molecular weight excluding hydrogens is 262 g/mol. The van der Waals surface area contributed by atoms with Gasteiger partial charge < -0.3 is 11.2 Å². The molecule has 0 aromatic heterocycles. The number of nitrogens with two attached hydrogens (primary N) is 1. The Labute approximate surface area is 129 Å². The standard InChI is InChI=1S/C16H31N5/c1-2-15(20-11-6-9-18-20)14-7-5-10-19(13-14)21-12-4-3-8-16(21)17/h6,9,14-16,18H,2-5,7-8,10-13,17H2,1H3. The van der Waals surface area contributed by atoms with E-state index in [1.807, 2.05) is 0 Å². The molecule has 0 spiro atoms. The van der Waals surface area contributed by atoms with Gasteiger partial charge in [0.2, 0.25) is 0 Å². The minimum atomic E-state index is 0.240. The van der Waals surface area contributed by atoms with Crippen molar-refractivity contribution < 1.29 is 0 Å². The predicted molar refractivity (Wildman–Crippen MR) is 85.9 cm³/mol. The SMILES string of the molecule is CCC(C1CCCN(N2CCCCC2N)C1)N1CC=CN1. The summed E-state index contributed by atoms with van der Waals surface area (Å²) in [5.74, 6) is 0.741. The fourth-order valence-corrected chi connectivity index (χ4v) is 4.24. The highest BCUT2D eigenvalue weighted by Crippen LogP contribution is 2.28. The van der Waals surface area contributed by atoms with Crippen LogP contribution in [0.15, 0.2) is 12.3 Å². The largest absolute Gasteiger partial charge is 0.326 e. The summed E-state index contributed by atoms with van der Waals surface area (Å²) in [4.78, 5) is 0. The maximum Gasteiger partial charge on any atom is 0.0710 e. The van der Waals surface area contributed by atoms with Gasteiger partial charge in [-0.1, -0.05) is 13.0 Å². The third-order valence-electron chi connectivity index (χ3n) is 5.34. The molecule has 0 amide bonds. The molecule has 0 aromatic carbocycles. The van der Waals surface area contributed by atoms with Crippen LogP contribution < -0.4 is 11.2 Å². The monoisotopic (exact) mass is 293 g/mol. The number of nitrogens with one attached hydrogen (secondary N) is 1. The highest BCUT2D eigenvalue weighted by atomic mass is 15.7. The van der Waals surface area contributed by atoms with Gasteiger partial charge in [0.05, 0.1) is 6.17 Å². The molecule has 0 radical (unpaired) electrons. The first-order valence-corrected chi connectivity index (χ1v) is 8.74. The van der Waals surface area contributed by atoms with Crippen molar-refractivity contribution in [1.29, 1.82) is 0 Å². The Morgan fingerprint density at radius 1 is 1.24 bits per heavy atom. The van der Waals surface area contributed by atoms with E-state index in [9.17, 15) is 0 Å². The van der Waals surface area contributed by atoms with Crippen LogP contribution in [0, 0.1) is 5.92 Å². The molecule has 3 unspecified atom stereocenters. The highest BCUT2D eigenvalue weighted by molar-refractivity contribution is 4.94. The summed E-state index contributed by atoms with van der Waals surface area (Å²) in [5.41, 5.74) is 9.74. The molecule has 3 rings (SSSR count). The Morgan fingerprint density at radius 2 is 2.14 bits per heavy atom. The molecule has 0 bridgehead atoms. The summed E-state index contributed by atoms with van der Waals surface area (Å²) in [7, 11) is 0. The van der Waals surface area contributed by atoms with E-state index in [0.717, 1.165) is 25.4 Å². The zero-order chi connectivity index (χ0) is 14.7. The Hall–Kier alpha value is -0.620. The molecule has 3 heterocycles. The second kappa shape index (κ2) is 7.09. The van der Waals surface area contributed by atoms with Gasteiger partial charge in [0.15, 0.2) is 0 Å². The first-order valence-electron chi connectivity index (χ1n) is 8.74. The van der Waals surface area contributed by atoms with E-state index in [4.69, 9.17) is 5.73 Å². The van der Waals surface area contributed by atoms with Crippen LogP contribution in [-0.2, 0) is 0 Å². The molecule has 2 fully saturated rings. The summed E-state index contributed by atoms with van der Waals surface area (Å²) in [6.07, 6.45) is 12.1. The molecule has 3 N–H and O–H groups in total. The molecule has 21 heavy (non-hydrogen) atoms. The van der Waals surface area contributed by atoms with Crippen molar-refractivity contribution >= 4 is 0 Å². The molecular formula is C16H31N5. The van der Waals surface area contributed by atoms with Gasteiger partial charge in [0.1, 0.15) is 0 Å². The number of hydrazine groups is 2. The van der Waals surface area contributed by atoms with Crippen LogP contribution in [-0.4, -0.2) is 53.4 Å². The average molecular weight is 293 g/mol. The van der Waals surface area contributed by atoms with Crippen molar-refractivity contribution in [2.24, 2.45) is 11.7 Å². The summed E-state index contributed by atoms with van der Waals surface area (Å²) < 4.78 is 0. The van der Waals surface area contributed by atoms with Crippen LogP contribution in [0.3, 0.4) is 0 Å². The minimum absolute atomic E-state index is 0.240. The van der Waals surface area contributed by atoms with Gasteiger partial charge in [0.25, 0.3) is 0 Å². The molecule has 5 nitrogen and oxygen atoms in total. The molecule has 0 aromatic rings. The van der Waals surface area contributed by atoms with E-state index in [0.29, 0.717) is 6.04 Å². The Morgan fingerprint density at radius 3 is 2.86 bits per heavy atom. The highest BCUT2D eigenvalue weighted by Gasteiger charge is 2.34. The molecule has 0 saturated carbocycles. The van der Waals surface area contributed by atoms with E-state index in [1.54, 1.807) is 0 Å². The lowest BCUT2D eigenvalue weighted by Crippen LogP contribution is -2.59. The molecule has 3 aliphatic heterocycles. The number of hydrogen-bond donors (Lipinski definition) is 2. The van der Waals surface area contributed by atoms with E-state index in [2.05, 4.69) is 39.7 Å². The summed E-state index contributed by atoms with van der Waals surface area (Å²) in [5, 5.41) is 7.42. The van der Waals surface area contributed by atoms with E-state index < -0.39 is 0 Å². The van der Waals surface area contributed by atoms with Crippen LogP contribution in [0.5, 0.6) is 0 Å². The maximum absolute atomic E-state index is 6.34. The van der Waals surface area contributed by atoms with Crippen LogP contribution in [0.1, 0.15) is 45.4 Å². The molecule has 0 aliphatic carbocycles. The smallest absolute Gasteiger partial charge is 0.0710 e. The number of hydrogen-bond acceptors (Lipinski definition) is 5. The number of nitrogens with zero attached hydrogens (tertiary/aromatic N) is 3. The van der Waals surface area contributed by atoms with Crippen molar-refractivity contribution in [2.75, 3.05) is 26.2 Å².